The van der Waals surface area contributed by atoms with Gasteiger partial charge in [-0.25, -0.2) is 0 Å². The molecule has 0 atom stereocenters. The lowest BCUT2D eigenvalue weighted by atomic mass is 9.97. The smallest absolute Gasteiger partial charge is 0.272 e. The largest absolute Gasteiger partial charge is 0.377 e. The molecule has 2 aromatic rings. The van der Waals surface area contributed by atoms with Crippen molar-refractivity contribution >= 4 is 5.91 Å². The lowest BCUT2D eigenvalue weighted by Gasteiger charge is -2.31. The minimum Gasteiger partial charge on any atom is -0.377 e. The lowest BCUT2D eigenvalue weighted by Crippen LogP contribution is -2.40. The highest BCUT2D eigenvalue weighted by atomic mass is 16.5. The van der Waals surface area contributed by atoms with E-state index in [4.69, 9.17) is 4.74 Å². The van der Waals surface area contributed by atoms with Gasteiger partial charge >= 0.3 is 0 Å². The Balaban J connectivity index is 1.62. The first kappa shape index (κ1) is 17.4. The Morgan fingerprint density at radius 2 is 2.04 bits per heavy atom. The molecule has 1 fully saturated rings. The third-order valence-electron chi connectivity index (χ3n) is 4.66. The molecule has 1 aromatic heterocycles. The predicted octanol–water partition coefficient (Wildman–Crippen LogP) is 3.14. The van der Waals surface area contributed by atoms with Gasteiger partial charge in [0.15, 0.2) is 0 Å². The minimum absolute atomic E-state index is 0.0580. The van der Waals surface area contributed by atoms with E-state index in [2.05, 4.69) is 11.7 Å². The van der Waals surface area contributed by atoms with E-state index in [1.165, 1.54) is 0 Å². The molecule has 1 saturated heterocycles. The van der Waals surface area contributed by atoms with Gasteiger partial charge in [-0.15, -0.1) is 6.58 Å². The summed E-state index contributed by atoms with van der Waals surface area (Å²) in [6, 6.07) is 11.8. The molecule has 1 aromatic carbocycles. The highest BCUT2D eigenvalue weighted by Crippen LogP contribution is 2.22. The molecule has 0 aliphatic carbocycles. The first-order valence-corrected chi connectivity index (χ1v) is 8.76. The lowest BCUT2D eigenvalue weighted by molar-refractivity contribution is 0.0567. The van der Waals surface area contributed by atoms with Crippen molar-refractivity contribution in [3.63, 3.8) is 0 Å². The number of likely N-dealkylation sites (tertiary alicyclic amines) is 1. The van der Waals surface area contributed by atoms with Crippen LogP contribution in [0.4, 0.5) is 0 Å². The van der Waals surface area contributed by atoms with Crippen LogP contribution >= 0.6 is 0 Å². The number of carbonyl (C=O) groups is 1. The second kappa shape index (κ2) is 8.12. The maximum atomic E-state index is 12.9. The number of ether oxygens (including phenoxy) is 1. The van der Waals surface area contributed by atoms with Gasteiger partial charge < -0.3 is 9.64 Å². The maximum absolute atomic E-state index is 12.9. The van der Waals surface area contributed by atoms with Gasteiger partial charge in [0.25, 0.3) is 5.91 Å². The van der Waals surface area contributed by atoms with Crippen molar-refractivity contribution in [1.82, 2.24) is 14.7 Å². The summed E-state index contributed by atoms with van der Waals surface area (Å²) >= 11 is 0. The van der Waals surface area contributed by atoms with Gasteiger partial charge in [-0.3, -0.25) is 9.48 Å². The number of piperidine rings is 1. The zero-order valence-corrected chi connectivity index (χ0v) is 14.7. The molecule has 1 aliphatic heterocycles. The Morgan fingerprint density at radius 3 is 2.72 bits per heavy atom. The Morgan fingerprint density at radius 1 is 1.32 bits per heavy atom. The second-order valence-electron chi connectivity index (χ2n) is 6.47. The van der Waals surface area contributed by atoms with Crippen molar-refractivity contribution in [2.24, 2.45) is 13.0 Å². The monoisotopic (exact) mass is 339 g/mol. The molecule has 0 unspecified atom stereocenters. The molecule has 1 aliphatic rings. The number of benzene rings is 1. The van der Waals surface area contributed by atoms with Crippen LogP contribution in [0.5, 0.6) is 0 Å². The Hall–Kier alpha value is -2.40. The normalized spacial score (nSPS) is 15.3. The first-order chi connectivity index (χ1) is 12.2. The molecular formula is C20H25N3O2. The summed E-state index contributed by atoms with van der Waals surface area (Å²) in [5.41, 5.74) is 2.49. The molecular weight excluding hydrogens is 314 g/mol. The fourth-order valence-electron chi connectivity index (χ4n) is 3.20. The average molecular weight is 339 g/mol. The average Bonchev–Trinajstić information content (AvgIpc) is 3.04. The Kier molecular flexibility index (Phi) is 5.66. The van der Waals surface area contributed by atoms with E-state index < -0.39 is 0 Å². The quantitative estimate of drug-likeness (QED) is 0.600. The van der Waals surface area contributed by atoms with E-state index in [0.717, 1.165) is 43.8 Å². The van der Waals surface area contributed by atoms with Gasteiger partial charge in [-0.05, 0) is 24.8 Å². The molecule has 3 rings (SSSR count). The Labute approximate surface area is 148 Å². The van der Waals surface area contributed by atoms with Crippen LogP contribution in [0, 0.1) is 5.92 Å². The summed E-state index contributed by atoms with van der Waals surface area (Å²) in [6.45, 7) is 6.54. The van der Waals surface area contributed by atoms with Crippen LogP contribution in [0.25, 0.3) is 11.3 Å². The van der Waals surface area contributed by atoms with Gasteiger partial charge in [0, 0.05) is 32.3 Å². The summed E-state index contributed by atoms with van der Waals surface area (Å²) in [7, 11) is 1.83. The zero-order chi connectivity index (χ0) is 17.6. The molecule has 5 heteroatoms. The van der Waals surface area contributed by atoms with Gasteiger partial charge in [-0.1, -0.05) is 36.4 Å². The van der Waals surface area contributed by atoms with Crippen molar-refractivity contribution in [2.45, 2.75) is 12.8 Å². The van der Waals surface area contributed by atoms with Crippen molar-refractivity contribution in [3.05, 3.63) is 54.7 Å². The summed E-state index contributed by atoms with van der Waals surface area (Å²) in [5, 5.41) is 4.50. The SMILES string of the molecule is C=CCOCC1CCN(C(=O)c2cc(-c3ccccc3)nn2C)CC1. The first-order valence-electron chi connectivity index (χ1n) is 8.76. The number of hydrogen-bond donors (Lipinski definition) is 0. The molecule has 0 bridgehead atoms. The minimum atomic E-state index is 0.0580. The number of aryl methyl sites for hydroxylation is 1. The third-order valence-corrected chi connectivity index (χ3v) is 4.66. The molecule has 0 saturated carbocycles. The summed E-state index contributed by atoms with van der Waals surface area (Å²) in [6.07, 6.45) is 3.73. The van der Waals surface area contributed by atoms with E-state index in [0.29, 0.717) is 18.2 Å². The van der Waals surface area contributed by atoms with Crippen LogP contribution in [0.15, 0.2) is 49.1 Å². The van der Waals surface area contributed by atoms with E-state index in [9.17, 15) is 4.79 Å². The summed E-state index contributed by atoms with van der Waals surface area (Å²) in [4.78, 5) is 14.8. The number of carbonyl (C=O) groups excluding carboxylic acids is 1. The van der Waals surface area contributed by atoms with E-state index in [-0.39, 0.29) is 5.91 Å². The highest BCUT2D eigenvalue weighted by Gasteiger charge is 2.26. The van der Waals surface area contributed by atoms with Crippen LogP contribution in [-0.2, 0) is 11.8 Å². The molecule has 0 N–H and O–H groups in total. The molecule has 0 spiro atoms. The highest BCUT2D eigenvalue weighted by molar-refractivity contribution is 5.93. The molecule has 132 valence electrons. The number of hydrogen-bond acceptors (Lipinski definition) is 3. The zero-order valence-electron chi connectivity index (χ0n) is 14.7. The molecule has 2 heterocycles. The Bertz CT molecular complexity index is 716. The van der Waals surface area contributed by atoms with E-state index in [1.54, 1.807) is 10.8 Å². The van der Waals surface area contributed by atoms with Gasteiger partial charge in [0.05, 0.1) is 12.3 Å². The topological polar surface area (TPSA) is 47.4 Å². The fourth-order valence-corrected chi connectivity index (χ4v) is 3.20. The van der Waals surface area contributed by atoms with Gasteiger partial charge in [0.1, 0.15) is 5.69 Å². The van der Waals surface area contributed by atoms with E-state index >= 15 is 0 Å². The van der Waals surface area contributed by atoms with Crippen LogP contribution in [0.2, 0.25) is 0 Å². The standard InChI is InChI=1S/C20H25N3O2/c1-3-13-25-15-16-9-11-23(12-10-16)20(24)19-14-18(21-22(19)2)17-7-5-4-6-8-17/h3-8,14,16H,1,9-13,15H2,2H3. The van der Waals surface area contributed by atoms with Crippen molar-refractivity contribution < 1.29 is 9.53 Å². The predicted molar refractivity (Wildman–Crippen MR) is 98.3 cm³/mol. The second-order valence-corrected chi connectivity index (χ2v) is 6.47. The van der Waals surface area contributed by atoms with Crippen molar-refractivity contribution in [2.75, 3.05) is 26.3 Å². The van der Waals surface area contributed by atoms with Gasteiger partial charge in [0.2, 0.25) is 0 Å². The van der Waals surface area contributed by atoms with Crippen molar-refractivity contribution in [3.8, 4) is 11.3 Å². The molecule has 5 nitrogen and oxygen atoms in total. The van der Waals surface area contributed by atoms with Crippen LogP contribution in [-0.4, -0.2) is 46.9 Å². The molecule has 1 amide bonds. The third kappa shape index (κ3) is 4.17. The molecule has 25 heavy (non-hydrogen) atoms. The summed E-state index contributed by atoms with van der Waals surface area (Å²) < 4.78 is 7.22. The van der Waals surface area contributed by atoms with Crippen molar-refractivity contribution in [1.29, 1.82) is 0 Å². The number of rotatable bonds is 6. The van der Waals surface area contributed by atoms with Crippen LogP contribution in [0.3, 0.4) is 0 Å². The molecule has 0 radical (unpaired) electrons. The van der Waals surface area contributed by atoms with Gasteiger partial charge in [-0.2, -0.15) is 5.10 Å². The summed E-state index contributed by atoms with van der Waals surface area (Å²) in [5.74, 6) is 0.582. The number of nitrogens with zero attached hydrogens (tertiary/aromatic N) is 3. The fraction of sp³-hybridized carbons (Fsp3) is 0.400. The maximum Gasteiger partial charge on any atom is 0.272 e. The van der Waals surface area contributed by atoms with Crippen LogP contribution in [0.1, 0.15) is 23.3 Å². The van der Waals surface area contributed by atoms with E-state index in [1.807, 2.05) is 48.3 Å². The number of aromatic nitrogens is 2. The number of amides is 1. The van der Waals surface area contributed by atoms with Crippen LogP contribution < -0.4 is 0 Å².